The molecule has 9 nitrogen and oxygen atoms in total. The summed E-state index contributed by atoms with van der Waals surface area (Å²) < 4.78 is 34.0. The van der Waals surface area contributed by atoms with Crippen LogP contribution in [0, 0.1) is 5.82 Å². The largest absolute Gasteiger partial charge is 0.383 e. The van der Waals surface area contributed by atoms with Gasteiger partial charge in [-0.15, -0.1) is 0 Å². The zero-order chi connectivity index (χ0) is 21.6. The van der Waals surface area contributed by atoms with E-state index >= 15 is 0 Å². The zero-order valence-corrected chi connectivity index (χ0v) is 17.3. The van der Waals surface area contributed by atoms with Crippen LogP contribution < -0.4 is 5.56 Å². The van der Waals surface area contributed by atoms with Crippen molar-refractivity contribution in [1.82, 2.24) is 24.1 Å². The molecule has 0 radical (unpaired) electrons. The van der Waals surface area contributed by atoms with Gasteiger partial charge in [-0.25, -0.2) is 9.37 Å². The third-order valence-electron chi connectivity index (χ3n) is 6.07. The Morgan fingerprint density at radius 2 is 2.03 bits per heavy atom. The molecule has 0 aliphatic heterocycles. The van der Waals surface area contributed by atoms with E-state index in [0.29, 0.717) is 11.3 Å². The van der Waals surface area contributed by atoms with E-state index in [4.69, 9.17) is 14.0 Å². The Hall–Kier alpha value is -3.11. The van der Waals surface area contributed by atoms with Crippen molar-refractivity contribution in [2.75, 3.05) is 20.8 Å². The highest BCUT2D eigenvalue weighted by atomic mass is 19.1. The van der Waals surface area contributed by atoms with Gasteiger partial charge in [-0.2, -0.15) is 4.98 Å². The minimum atomic E-state index is -0.578. The summed E-state index contributed by atoms with van der Waals surface area (Å²) in [6.45, 7) is 0.444. The number of hydrogen-bond acceptors (Lipinski definition) is 7. The Labute approximate surface area is 176 Å². The van der Waals surface area contributed by atoms with Gasteiger partial charge < -0.3 is 18.6 Å². The quantitative estimate of drug-likeness (QED) is 0.467. The molecule has 0 spiro atoms. The molecule has 0 amide bonds. The summed E-state index contributed by atoms with van der Waals surface area (Å²) in [6.07, 6.45) is 5.13. The maximum absolute atomic E-state index is 14.7. The van der Waals surface area contributed by atoms with Crippen molar-refractivity contribution in [2.45, 2.75) is 37.8 Å². The lowest BCUT2D eigenvalue weighted by molar-refractivity contribution is -0.0178. The van der Waals surface area contributed by atoms with E-state index in [-0.39, 0.29) is 35.8 Å². The molecule has 1 saturated carbocycles. The van der Waals surface area contributed by atoms with E-state index in [1.54, 1.807) is 23.6 Å². The molecule has 0 N–H and O–H groups in total. The van der Waals surface area contributed by atoms with Gasteiger partial charge in [-0.1, -0.05) is 11.2 Å². The molecule has 0 atom stereocenters. The molecule has 0 bridgehead atoms. The smallest absolute Gasteiger partial charge is 0.279 e. The van der Waals surface area contributed by atoms with E-state index in [2.05, 4.69) is 15.1 Å². The molecule has 3 aromatic heterocycles. The van der Waals surface area contributed by atoms with Crippen molar-refractivity contribution in [3.63, 3.8) is 0 Å². The van der Waals surface area contributed by atoms with E-state index in [1.165, 1.54) is 24.1 Å². The lowest BCUT2D eigenvalue weighted by Gasteiger charge is -2.22. The molecule has 4 aromatic rings. The average Bonchev–Trinajstić information content (AvgIpc) is 3.52. The van der Waals surface area contributed by atoms with Crippen molar-refractivity contribution in [3.05, 3.63) is 46.5 Å². The fourth-order valence-electron chi connectivity index (χ4n) is 4.45. The molecular weight excluding hydrogens is 405 g/mol. The number of benzene rings is 1. The molecule has 0 unspecified atom stereocenters. The zero-order valence-electron chi connectivity index (χ0n) is 17.3. The molecule has 1 aliphatic carbocycles. The summed E-state index contributed by atoms with van der Waals surface area (Å²) >= 11 is 0. The van der Waals surface area contributed by atoms with Gasteiger partial charge in [0.2, 0.25) is 5.82 Å². The molecule has 1 aliphatic rings. The van der Waals surface area contributed by atoms with Gasteiger partial charge >= 0.3 is 0 Å². The van der Waals surface area contributed by atoms with Crippen molar-refractivity contribution < 1.29 is 18.4 Å². The monoisotopic (exact) mass is 427 g/mol. The number of ether oxygens (including phenoxy) is 2. The molecule has 10 heteroatoms. The van der Waals surface area contributed by atoms with Crippen LogP contribution >= 0.6 is 0 Å². The van der Waals surface area contributed by atoms with Crippen LogP contribution in [-0.4, -0.2) is 44.9 Å². The first-order valence-electron chi connectivity index (χ1n) is 10.2. The van der Waals surface area contributed by atoms with Crippen molar-refractivity contribution in [2.24, 2.45) is 0 Å². The molecule has 3 heterocycles. The number of rotatable bonds is 6. The Balaban J connectivity index is 1.73. The Morgan fingerprint density at radius 1 is 1.23 bits per heavy atom. The van der Waals surface area contributed by atoms with Gasteiger partial charge in [0.05, 0.1) is 12.1 Å². The van der Waals surface area contributed by atoms with Gasteiger partial charge in [0, 0.05) is 20.8 Å². The summed E-state index contributed by atoms with van der Waals surface area (Å²) in [6, 6.07) is 4.65. The molecular formula is C21H22FN5O4. The number of halogens is 1. The van der Waals surface area contributed by atoms with Crippen LogP contribution in [0.25, 0.3) is 28.1 Å². The third kappa shape index (κ3) is 2.97. The summed E-state index contributed by atoms with van der Waals surface area (Å²) in [4.78, 5) is 22.3. The van der Waals surface area contributed by atoms with Crippen LogP contribution in [-0.2, 0) is 21.6 Å². The maximum atomic E-state index is 14.7. The van der Waals surface area contributed by atoms with Gasteiger partial charge in [-0.05, 0) is 37.8 Å². The summed E-state index contributed by atoms with van der Waals surface area (Å²) in [5, 5.41) is 4.13. The highest BCUT2D eigenvalue weighted by Gasteiger charge is 2.40. The summed E-state index contributed by atoms with van der Waals surface area (Å²) in [5.41, 5.74) is 0.202. The first-order chi connectivity index (χ1) is 15.1. The van der Waals surface area contributed by atoms with E-state index < -0.39 is 17.0 Å². The van der Waals surface area contributed by atoms with Gasteiger partial charge in [0.1, 0.15) is 28.8 Å². The number of para-hydroxylation sites is 1. The molecule has 31 heavy (non-hydrogen) atoms. The summed E-state index contributed by atoms with van der Waals surface area (Å²) in [7, 11) is 3.17. The normalized spacial score (nSPS) is 16.0. The Morgan fingerprint density at radius 3 is 2.77 bits per heavy atom. The SMILES string of the molecule is COCCn1c(=O)c2c(-c3nc(C4(OC)CCCC4)no3)ncn2c2cccc(F)c21. The van der Waals surface area contributed by atoms with Gasteiger partial charge in [0.25, 0.3) is 11.4 Å². The first kappa shape index (κ1) is 19.8. The fourth-order valence-corrected chi connectivity index (χ4v) is 4.45. The fraction of sp³-hybridized carbons (Fsp3) is 0.429. The predicted molar refractivity (Wildman–Crippen MR) is 109 cm³/mol. The van der Waals surface area contributed by atoms with Crippen molar-refractivity contribution >= 4 is 16.6 Å². The van der Waals surface area contributed by atoms with Crippen molar-refractivity contribution in [3.8, 4) is 11.6 Å². The average molecular weight is 427 g/mol. The van der Waals surface area contributed by atoms with Crippen LogP contribution in [0.1, 0.15) is 31.5 Å². The minimum Gasteiger partial charge on any atom is -0.383 e. The second kappa shape index (κ2) is 7.54. The molecule has 5 rings (SSSR count). The number of imidazole rings is 1. The molecule has 162 valence electrons. The van der Waals surface area contributed by atoms with E-state index in [0.717, 1.165) is 25.7 Å². The van der Waals surface area contributed by atoms with Crippen LogP contribution in [0.4, 0.5) is 4.39 Å². The number of aromatic nitrogens is 5. The van der Waals surface area contributed by atoms with E-state index in [9.17, 15) is 9.18 Å². The second-order valence-corrected chi connectivity index (χ2v) is 7.70. The highest BCUT2D eigenvalue weighted by Crippen LogP contribution is 2.40. The standard InChI is InChI=1S/C21H22FN5O4/c1-29-11-10-26-16-13(22)6-5-7-14(16)27-12-23-15(17(27)19(26)28)18-24-20(25-31-18)21(30-2)8-3-4-9-21/h5-7,12H,3-4,8-11H2,1-2H3. The van der Waals surface area contributed by atoms with Crippen LogP contribution in [0.3, 0.4) is 0 Å². The van der Waals surface area contributed by atoms with Crippen LogP contribution in [0.2, 0.25) is 0 Å². The lowest BCUT2D eigenvalue weighted by Crippen LogP contribution is -2.26. The molecule has 1 aromatic carbocycles. The number of fused-ring (bicyclic) bond motifs is 3. The van der Waals surface area contributed by atoms with Gasteiger partial charge in [-0.3, -0.25) is 9.20 Å². The first-order valence-corrected chi connectivity index (χ1v) is 10.2. The van der Waals surface area contributed by atoms with Crippen LogP contribution in [0.15, 0.2) is 33.8 Å². The molecule has 0 saturated heterocycles. The topological polar surface area (TPSA) is 96.7 Å². The Kier molecular flexibility index (Phi) is 4.82. The maximum Gasteiger partial charge on any atom is 0.279 e. The number of hydrogen-bond donors (Lipinski definition) is 0. The second-order valence-electron chi connectivity index (χ2n) is 7.70. The third-order valence-corrected chi connectivity index (χ3v) is 6.07. The summed E-state index contributed by atoms with van der Waals surface area (Å²) in [5.74, 6) is 0.0911. The van der Waals surface area contributed by atoms with Crippen LogP contribution in [0.5, 0.6) is 0 Å². The number of nitrogens with zero attached hydrogens (tertiary/aromatic N) is 5. The predicted octanol–water partition coefficient (Wildman–Crippen LogP) is 2.90. The molecule has 1 fully saturated rings. The number of methoxy groups -OCH3 is 2. The Bertz CT molecular complexity index is 1320. The highest BCUT2D eigenvalue weighted by molar-refractivity contribution is 5.83. The lowest BCUT2D eigenvalue weighted by atomic mass is 10.0. The van der Waals surface area contributed by atoms with E-state index in [1.807, 2.05) is 0 Å². The van der Waals surface area contributed by atoms with Crippen molar-refractivity contribution in [1.29, 1.82) is 0 Å². The minimum absolute atomic E-state index is 0.131. The van der Waals surface area contributed by atoms with Gasteiger partial charge in [0.15, 0.2) is 5.69 Å².